The third kappa shape index (κ3) is 3.49. The number of anilines is 1. The molecule has 8 heteroatoms. The molecule has 0 aromatic carbocycles. The standard InChI is InChI=1S/C21H21N5O3/c1-13-15(14-5-3-9-22-11-14)7-8-17(23-13)24-18(27)12-26-10-4-6-16-19(26)21(29)25(2)20(16)28/h3,5,7-9,11H,4,6,10,12H2,1-2H3,(H,23,24,27). The Morgan fingerprint density at radius 1 is 1.21 bits per heavy atom. The lowest BCUT2D eigenvalue weighted by Crippen LogP contribution is -2.38. The van der Waals surface area contributed by atoms with Crippen LogP contribution in [0.1, 0.15) is 18.5 Å². The van der Waals surface area contributed by atoms with Gasteiger partial charge in [0.1, 0.15) is 11.5 Å². The van der Waals surface area contributed by atoms with Crippen molar-refractivity contribution in [3.63, 3.8) is 0 Å². The minimum atomic E-state index is -0.340. The number of carbonyl (C=O) groups is 3. The summed E-state index contributed by atoms with van der Waals surface area (Å²) >= 11 is 0. The molecule has 0 aliphatic carbocycles. The normalized spacial score (nSPS) is 16.3. The predicted octanol–water partition coefficient (Wildman–Crippen LogP) is 1.74. The van der Waals surface area contributed by atoms with Crippen LogP contribution in [0.15, 0.2) is 47.9 Å². The van der Waals surface area contributed by atoms with E-state index >= 15 is 0 Å². The van der Waals surface area contributed by atoms with E-state index < -0.39 is 0 Å². The number of amides is 3. The number of pyridine rings is 2. The van der Waals surface area contributed by atoms with Crippen molar-refractivity contribution in [2.45, 2.75) is 19.8 Å². The molecule has 2 aliphatic rings. The fourth-order valence-corrected chi connectivity index (χ4v) is 3.77. The Labute approximate surface area is 168 Å². The summed E-state index contributed by atoms with van der Waals surface area (Å²) in [6, 6.07) is 7.45. The van der Waals surface area contributed by atoms with Gasteiger partial charge in [-0.3, -0.25) is 24.3 Å². The highest BCUT2D eigenvalue weighted by Gasteiger charge is 2.40. The Morgan fingerprint density at radius 3 is 2.76 bits per heavy atom. The first-order chi connectivity index (χ1) is 14.0. The highest BCUT2D eigenvalue weighted by Crippen LogP contribution is 2.30. The zero-order valence-electron chi connectivity index (χ0n) is 16.3. The molecule has 148 valence electrons. The molecular formula is C21H21N5O3. The molecule has 3 amide bonds. The van der Waals surface area contributed by atoms with Gasteiger partial charge in [0, 0.05) is 48.4 Å². The Hall–Kier alpha value is -3.55. The van der Waals surface area contributed by atoms with Crippen molar-refractivity contribution in [1.29, 1.82) is 0 Å². The van der Waals surface area contributed by atoms with Crippen molar-refractivity contribution in [2.24, 2.45) is 0 Å². The van der Waals surface area contributed by atoms with Gasteiger partial charge in [-0.2, -0.15) is 0 Å². The summed E-state index contributed by atoms with van der Waals surface area (Å²) in [5, 5.41) is 2.79. The maximum atomic E-state index is 12.6. The van der Waals surface area contributed by atoms with Gasteiger partial charge in [-0.15, -0.1) is 0 Å². The number of hydrogen-bond donors (Lipinski definition) is 1. The number of nitrogens with one attached hydrogen (secondary N) is 1. The predicted molar refractivity (Wildman–Crippen MR) is 106 cm³/mol. The molecule has 1 N–H and O–H groups in total. The molecule has 0 fully saturated rings. The number of carbonyl (C=O) groups excluding carboxylic acids is 3. The van der Waals surface area contributed by atoms with E-state index in [2.05, 4.69) is 15.3 Å². The number of imide groups is 1. The lowest BCUT2D eigenvalue weighted by Gasteiger charge is -2.28. The molecule has 4 heterocycles. The monoisotopic (exact) mass is 391 g/mol. The molecule has 0 radical (unpaired) electrons. The molecule has 0 saturated carbocycles. The van der Waals surface area contributed by atoms with Gasteiger partial charge in [-0.25, -0.2) is 4.98 Å². The van der Waals surface area contributed by atoms with Crippen LogP contribution in [0.2, 0.25) is 0 Å². The first-order valence-electron chi connectivity index (χ1n) is 9.44. The maximum absolute atomic E-state index is 12.6. The number of aryl methyl sites for hydroxylation is 1. The van der Waals surface area contributed by atoms with Crippen LogP contribution in [-0.4, -0.2) is 57.6 Å². The van der Waals surface area contributed by atoms with Crippen LogP contribution in [0.5, 0.6) is 0 Å². The average Bonchev–Trinajstić information content (AvgIpc) is 2.94. The van der Waals surface area contributed by atoms with Crippen molar-refractivity contribution in [1.82, 2.24) is 19.8 Å². The largest absolute Gasteiger partial charge is 0.357 e. The minimum Gasteiger partial charge on any atom is -0.357 e. The van der Waals surface area contributed by atoms with Gasteiger partial charge in [0.2, 0.25) is 5.91 Å². The number of likely N-dealkylation sites (N-methyl/N-ethyl adjacent to an activating group) is 1. The molecule has 29 heavy (non-hydrogen) atoms. The minimum absolute atomic E-state index is 0.00320. The Bertz CT molecular complexity index is 1030. The van der Waals surface area contributed by atoms with Crippen LogP contribution >= 0.6 is 0 Å². The summed E-state index contributed by atoms with van der Waals surface area (Å²) in [6.07, 6.45) is 4.78. The SMILES string of the molecule is Cc1nc(NC(=O)CN2CCCC3=C2C(=O)N(C)C3=O)ccc1-c1cccnc1. The number of aromatic nitrogens is 2. The van der Waals surface area contributed by atoms with Gasteiger partial charge >= 0.3 is 0 Å². The van der Waals surface area contributed by atoms with Gasteiger partial charge in [0.05, 0.1) is 6.54 Å². The van der Waals surface area contributed by atoms with E-state index in [1.807, 2.05) is 25.1 Å². The van der Waals surface area contributed by atoms with Gasteiger partial charge < -0.3 is 10.2 Å². The van der Waals surface area contributed by atoms with Crippen LogP contribution in [0.3, 0.4) is 0 Å². The van der Waals surface area contributed by atoms with Crippen LogP contribution in [-0.2, 0) is 14.4 Å². The second-order valence-electron chi connectivity index (χ2n) is 7.14. The molecule has 4 rings (SSSR count). The lowest BCUT2D eigenvalue weighted by molar-refractivity contribution is -0.136. The molecule has 0 bridgehead atoms. The molecule has 8 nitrogen and oxygen atoms in total. The van der Waals surface area contributed by atoms with Crippen molar-refractivity contribution in [3.8, 4) is 11.1 Å². The molecule has 2 aromatic rings. The van der Waals surface area contributed by atoms with Gasteiger partial charge in [0.15, 0.2) is 0 Å². The molecular weight excluding hydrogens is 370 g/mol. The van der Waals surface area contributed by atoms with Crippen LogP contribution in [0, 0.1) is 6.92 Å². The highest BCUT2D eigenvalue weighted by atomic mass is 16.2. The Balaban J connectivity index is 1.47. The smallest absolute Gasteiger partial charge is 0.277 e. The van der Waals surface area contributed by atoms with E-state index in [0.717, 1.165) is 28.1 Å². The third-order valence-electron chi connectivity index (χ3n) is 5.19. The number of nitrogens with zero attached hydrogens (tertiary/aromatic N) is 4. The molecule has 0 spiro atoms. The first kappa shape index (κ1) is 18.8. The summed E-state index contributed by atoms with van der Waals surface area (Å²) < 4.78 is 0. The second kappa shape index (κ2) is 7.46. The van der Waals surface area contributed by atoms with E-state index in [4.69, 9.17) is 0 Å². The average molecular weight is 391 g/mol. The molecule has 0 unspecified atom stereocenters. The molecule has 0 atom stereocenters. The third-order valence-corrected chi connectivity index (χ3v) is 5.19. The topological polar surface area (TPSA) is 95.5 Å². The quantitative estimate of drug-likeness (QED) is 0.798. The van der Waals surface area contributed by atoms with E-state index in [-0.39, 0.29) is 24.3 Å². The number of hydrogen-bond acceptors (Lipinski definition) is 6. The van der Waals surface area contributed by atoms with Gasteiger partial charge in [-0.05, 0) is 38.0 Å². The van der Waals surface area contributed by atoms with E-state index in [9.17, 15) is 14.4 Å². The maximum Gasteiger partial charge on any atom is 0.277 e. The van der Waals surface area contributed by atoms with Crippen LogP contribution in [0.4, 0.5) is 5.82 Å². The van der Waals surface area contributed by atoms with Gasteiger partial charge in [0.25, 0.3) is 11.8 Å². The second-order valence-corrected chi connectivity index (χ2v) is 7.14. The van der Waals surface area contributed by atoms with E-state index in [0.29, 0.717) is 30.1 Å². The summed E-state index contributed by atoms with van der Waals surface area (Å²) in [6.45, 7) is 2.43. The fourth-order valence-electron chi connectivity index (χ4n) is 3.77. The molecule has 2 aliphatic heterocycles. The van der Waals surface area contributed by atoms with E-state index in [1.165, 1.54) is 7.05 Å². The zero-order valence-corrected chi connectivity index (χ0v) is 16.3. The van der Waals surface area contributed by atoms with E-state index in [1.54, 1.807) is 23.4 Å². The Kier molecular flexibility index (Phi) is 4.84. The first-order valence-corrected chi connectivity index (χ1v) is 9.44. The summed E-state index contributed by atoms with van der Waals surface area (Å²) in [5.74, 6) is -0.447. The van der Waals surface area contributed by atoms with Crippen LogP contribution < -0.4 is 5.32 Å². The summed E-state index contributed by atoms with van der Waals surface area (Å²) in [7, 11) is 1.47. The highest BCUT2D eigenvalue weighted by molar-refractivity contribution is 6.19. The Morgan fingerprint density at radius 2 is 2.03 bits per heavy atom. The summed E-state index contributed by atoms with van der Waals surface area (Å²) in [5.41, 5.74) is 3.54. The lowest BCUT2D eigenvalue weighted by atomic mass is 10.0. The van der Waals surface area contributed by atoms with Crippen LogP contribution in [0.25, 0.3) is 11.1 Å². The van der Waals surface area contributed by atoms with Crippen molar-refractivity contribution in [3.05, 3.63) is 53.6 Å². The van der Waals surface area contributed by atoms with Crippen molar-refractivity contribution >= 4 is 23.5 Å². The molecule has 2 aromatic heterocycles. The van der Waals surface area contributed by atoms with Crippen molar-refractivity contribution in [2.75, 3.05) is 25.5 Å². The number of rotatable bonds is 4. The van der Waals surface area contributed by atoms with Crippen molar-refractivity contribution < 1.29 is 14.4 Å². The molecule has 0 saturated heterocycles. The fraction of sp³-hybridized carbons (Fsp3) is 0.286. The van der Waals surface area contributed by atoms with Gasteiger partial charge in [-0.1, -0.05) is 6.07 Å². The zero-order chi connectivity index (χ0) is 20.5. The summed E-state index contributed by atoms with van der Waals surface area (Å²) in [4.78, 5) is 48.5.